The highest BCUT2D eigenvalue weighted by molar-refractivity contribution is 14.2. The van der Waals surface area contributed by atoms with Crippen molar-refractivity contribution in [3.63, 3.8) is 0 Å². The number of benzene rings is 1. The van der Waals surface area contributed by atoms with Crippen LogP contribution in [0.15, 0.2) is 18.2 Å². The summed E-state index contributed by atoms with van der Waals surface area (Å²) < 4.78 is 30.2. The quantitative estimate of drug-likeness (QED) is 0.331. The fraction of sp³-hybridized carbons (Fsp3) is 0.125. The largest absolute Gasteiger partial charge is 0.507 e. The number of rotatable bonds is 2. The molecule has 0 heterocycles. The highest BCUT2D eigenvalue weighted by atomic mass is 127. The summed E-state index contributed by atoms with van der Waals surface area (Å²) in [5.41, 5.74) is 0.0650. The first-order chi connectivity index (χ1) is 8.04. The summed E-state index contributed by atoms with van der Waals surface area (Å²) in [6.45, 7) is 1.26. The standard InChI is InChI=1S/C8H7IO4.H3O4P/c1-5(10)6-3-2-4-7(11)8(6)9(12)13;1-5(2,3)4/h2-4,11H,1H3;(H3,1,2,3,4). The van der Waals surface area contributed by atoms with Crippen LogP contribution in [0, 0.1) is 3.57 Å². The molecule has 1 aromatic carbocycles. The number of hydrogen-bond donors (Lipinski definition) is 4. The summed E-state index contributed by atoms with van der Waals surface area (Å²) in [6, 6.07) is 4.08. The van der Waals surface area contributed by atoms with Crippen molar-refractivity contribution in [2.45, 2.75) is 6.92 Å². The van der Waals surface area contributed by atoms with Crippen LogP contribution < -0.4 is 0 Å². The predicted molar refractivity (Wildman–Crippen MR) is 66.5 cm³/mol. The van der Waals surface area contributed by atoms with Crippen LogP contribution in [0.25, 0.3) is 0 Å². The Bertz CT molecular complexity index is 542. The monoisotopic (exact) mass is 392 g/mol. The first-order valence-corrected chi connectivity index (χ1v) is 8.61. The number of ketones is 1. The second-order valence-electron chi connectivity index (χ2n) is 2.93. The number of phosphoric acid groups is 1. The summed E-state index contributed by atoms with van der Waals surface area (Å²) in [7, 11) is -4.64. The lowest BCUT2D eigenvalue weighted by atomic mass is 10.1. The van der Waals surface area contributed by atoms with Gasteiger partial charge in [-0.3, -0.25) is 4.79 Å². The van der Waals surface area contributed by atoms with Gasteiger partial charge in [-0.2, -0.15) is 0 Å². The van der Waals surface area contributed by atoms with Gasteiger partial charge in [-0.05, 0) is 19.1 Å². The van der Waals surface area contributed by atoms with E-state index >= 15 is 0 Å². The van der Waals surface area contributed by atoms with Gasteiger partial charge in [0.25, 0.3) is 0 Å². The molecule has 0 aliphatic heterocycles. The van der Waals surface area contributed by atoms with E-state index in [0.29, 0.717) is 0 Å². The van der Waals surface area contributed by atoms with Crippen LogP contribution in [-0.4, -0.2) is 25.6 Å². The zero-order valence-electron chi connectivity index (χ0n) is 8.98. The molecule has 1 aromatic rings. The van der Waals surface area contributed by atoms with Gasteiger partial charge < -0.3 is 19.8 Å². The number of aromatic hydroxyl groups is 1. The van der Waals surface area contributed by atoms with Gasteiger partial charge >= 0.3 is 27.6 Å². The van der Waals surface area contributed by atoms with Crippen molar-refractivity contribution in [1.82, 2.24) is 0 Å². The Morgan fingerprint density at radius 1 is 1.22 bits per heavy atom. The molecule has 0 radical (unpaired) electrons. The number of phenols is 1. The molecule has 10 heteroatoms. The number of hydrogen-bond acceptors (Lipinski definition) is 5. The molecule has 0 amide bonds. The molecule has 0 aliphatic carbocycles. The zero-order chi connectivity index (χ0) is 14.5. The Morgan fingerprint density at radius 3 is 1.94 bits per heavy atom. The van der Waals surface area contributed by atoms with Crippen LogP contribution in [0.4, 0.5) is 0 Å². The van der Waals surface area contributed by atoms with E-state index in [1.54, 1.807) is 0 Å². The van der Waals surface area contributed by atoms with E-state index in [4.69, 9.17) is 19.2 Å². The van der Waals surface area contributed by atoms with Gasteiger partial charge in [0, 0.05) is 5.56 Å². The van der Waals surface area contributed by atoms with Crippen LogP contribution in [0.2, 0.25) is 0 Å². The number of Topliss-reactive ketones (excluding diaryl/α,β-unsaturated/α-hetero) is 1. The molecule has 18 heavy (non-hydrogen) atoms. The van der Waals surface area contributed by atoms with Crippen molar-refractivity contribution in [3.8, 4) is 5.75 Å². The normalized spacial score (nSPS) is 10.7. The number of phenolic OH excluding ortho intramolecular Hbond substituents is 1. The highest BCUT2D eigenvalue weighted by Crippen LogP contribution is 2.30. The van der Waals surface area contributed by atoms with Crippen LogP contribution in [0.3, 0.4) is 0 Å². The van der Waals surface area contributed by atoms with Gasteiger partial charge in [0.15, 0.2) is 5.78 Å². The lowest BCUT2D eigenvalue weighted by molar-refractivity contribution is 0.101. The molecular weight excluding hydrogens is 382 g/mol. The highest BCUT2D eigenvalue weighted by Gasteiger charge is 2.15. The summed E-state index contributed by atoms with van der Waals surface area (Å²) in [6.07, 6.45) is 0. The minimum Gasteiger partial charge on any atom is -0.507 e. The van der Waals surface area contributed by atoms with E-state index < -0.39 is 27.6 Å². The maximum Gasteiger partial charge on any atom is 0.466 e. The van der Waals surface area contributed by atoms with Gasteiger partial charge in [0.05, 0.1) is 0 Å². The number of halogens is 1. The fourth-order valence-electron chi connectivity index (χ4n) is 0.954. The van der Waals surface area contributed by atoms with E-state index in [0.717, 1.165) is 0 Å². The predicted octanol–water partition coefficient (Wildman–Crippen LogP) is 1.03. The second-order valence-corrected chi connectivity index (χ2v) is 6.27. The molecule has 0 atom stereocenters. The van der Waals surface area contributed by atoms with Crippen LogP contribution in [-0.2, 0) is 10.7 Å². The molecule has 0 aliphatic rings. The second kappa shape index (κ2) is 6.90. The zero-order valence-corrected chi connectivity index (χ0v) is 12.0. The maximum atomic E-state index is 11.0. The molecule has 0 aromatic heterocycles. The average molecular weight is 392 g/mol. The lowest BCUT2D eigenvalue weighted by Crippen LogP contribution is -1.96. The molecule has 0 saturated carbocycles. The van der Waals surface area contributed by atoms with Crippen molar-refractivity contribution < 1.29 is 35.3 Å². The maximum absolute atomic E-state index is 11.0. The molecule has 0 bridgehead atoms. The molecule has 4 N–H and O–H groups in total. The van der Waals surface area contributed by atoms with E-state index in [9.17, 15) is 16.0 Å². The Hall–Kier alpha value is -0.870. The van der Waals surface area contributed by atoms with Crippen LogP contribution in [0.1, 0.15) is 17.3 Å². The number of carbonyl (C=O) groups excluding carboxylic acids is 1. The summed E-state index contributed by atoms with van der Waals surface area (Å²) in [5, 5.41) is 9.20. The summed E-state index contributed by atoms with van der Waals surface area (Å²) in [4.78, 5) is 32.5. The first kappa shape index (κ1) is 17.1. The minimum absolute atomic E-state index is 0.0650. The van der Waals surface area contributed by atoms with Crippen molar-refractivity contribution in [2.75, 3.05) is 0 Å². The fourth-order valence-corrected chi connectivity index (χ4v) is 2.62. The minimum atomic E-state index is -4.64. The van der Waals surface area contributed by atoms with E-state index in [-0.39, 0.29) is 20.7 Å². The molecule has 1 rings (SSSR count). The van der Waals surface area contributed by atoms with Crippen molar-refractivity contribution >= 4 is 33.4 Å². The Labute approximate surface area is 109 Å². The Balaban J connectivity index is 0.000000494. The van der Waals surface area contributed by atoms with Gasteiger partial charge in [0.1, 0.15) is 9.32 Å². The first-order valence-electron chi connectivity index (χ1n) is 4.20. The summed E-state index contributed by atoms with van der Waals surface area (Å²) >= 11 is -3.80. The summed E-state index contributed by atoms with van der Waals surface area (Å²) in [5.74, 6) is -0.706. The SMILES string of the molecule is CC(=O)c1cccc(O)c1I(=O)=O.O=P(O)(O)O. The topological polar surface area (TPSA) is 149 Å². The van der Waals surface area contributed by atoms with Crippen molar-refractivity contribution in [1.29, 1.82) is 0 Å². The Kier molecular flexibility index (Phi) is 6.57. The molecular formula is C8H10IO8P. The van der Waals surface area contributed by atoms with E-state index in [1.165, 1.54) is 25.1 Å². The average Bonchev–Trinajstić information content (AvgIpc) is 2.13. The molecule has 8 nitrogen and oxygen atoms in total. The molecule has 0 unspecified atom stereocenters. The third-order valence-electron chi connectivity index (χ3n) is 1.51. The Morgan fingerprint density at radius 2 is 1.67 bits per heavy atom. The van der Waals surface area contributed by atoms with Gasteiger partial charge in [-0.15, -0.1) is 0 Å². The van der Waals surface area contributed by atoms with E-state index in [2.05, 4.69) is 0 Å². The molecule has 0 spiro atoms. The van der Waals surface area contributed by atoms with Crippen molar-refractivity contribution in [3.05, 3.63) is 27.3 Å². The van der Waals surface area contributed by atoms with Gasteiger partial charge in [-0.1, -0.05) is 6.07 Å². The van der Waals surface area contributed by atoms with Gasteiger partial charge in [0.2, 0.25) is 0 Å². The third-order valence-corrected chi connectivity index (χ3v) is 3.53. The van der Waals surface area contributed by atoms with Crippen LogP contribution in [0.5, 0.6) is 5.75 Å². The van der Waals surface area contributed by atoms with Gasteiger partial charge in [-0.25, -0.2) is 10.7 Å². The van der Waals surface area contributed by atoms with Crippen molar-refractivity contribution in [2.24, 2.45) is 0 Å². The third kappa shape index (κ3) is 6.77. The number of carbonyl (C=O) groups is 1. The molecule has 102 valence electrons. The van der Waals surface area contributed by atoms with E-state index in [1.807, 2.05) is 0 Å². The smallest absolute Gasteiger partial charge is 0.466 e. The molecule has 0 fully saturated rings. The van der Waals surface area contributed by atoms with Crippen LogP contribution >= 0.6 is 27.6 Å². The lowest BCUT2D eigenvalue weighted by Gasteiger charge is -2.00. The molecule has 0 saturated heterocycles.